The minimum absolute atomic E-state index is 0.0439. The van der Waals surface area contributed by atoms with Crippen LogP contribution in [0.15, 0.2) is 42.5 Å². The van der Waals surface area contributed by atoms with E-state index in [0.29, 0.717) is 10.8 Å². The molecule has 0 aliphatic carbocycles. The van der Waals surface area contributed by atoms with Gasteiger partial charge in [0.25, 0.3) is 5.91 Å². The number of carbonyl (C=O) groups excluding carboxylic acids is 1. The number of ether oxygens (including phenoxy) is 1. The summed E-state index contributed by atoms with van der Waals surface area (Å²) < 4.78 is 5.56. The molecule has 0 saturated carbocycles. The number of rotatable bonds is 5. The average molecular weight is 374 g/mol. The lowest BCUT2D eigenvalue weighted by atomic mass is 10.2. The average Bonchev–Trinajstić information content (AvgIpc) is 2.62. The number of piperazine rings is 1. The summed E-state index contributed by atoms with van der Waals surface area (Å²) in [5.41, 5.74) is 2.86. The lowest BCUT2D eigenvalue weighted by molar-refractivity contribution is -0.118. The van der Waals surface area contributed by atoms with Crippen LogP contribution in [0.2, 0.25) is 5.02 Å². The Kier molecular flexibility index (Phi) is 6.01. The van der Waals surface area contributed by atoms with Crippen LogP contribution in [0.1, 0.15) is 5.56 Å². The summed E-state index contributed by atoms with van der Waals surface area (Å²) in [5.74, 6) is 0.472. The van der Waals surface area contributed by atoms with Crippen molar-refractivity contribution in [2.24, 2.45) is 0 Å². The van der Waals surface area contributed by atoms with Gasteiger partial charge in [0.1, 0.15) is 5.75 Å². The first-order chi connectivity index (χ1) is 12.5. The second kappa shape index (κ2) is 8.43. The Hall–Kier alpha value is -2.24. The number of halogens is 1. The molecule has 0 unspecified atom stereocenters. The molecule has 2 aromatic rings. The SMILES string of the molecule is Cc1ccc(OCC(=O)Nc2cc(Cl)ccc2N2CCN(C)CC2)cc1. The molecule has 138 valence electrons. The predicted octanol–water partition coefficient (Wildman–Crippen LogP) is 3.42. The summed E-state index contributed by atoms with van der Waals surface area (Å²) in [7, 11) is 2.12. The highest BCUT2D eigenvalue weighted by molar-refractivity contribution is 6.31. The third-order valence-corrected chi connectivity index (χ3v) is 4.70. The van der Waals surface area contributed by atoms with E-state index in [-0.39, 0.29) is 12.5 Å². The summed E-state index contributed by atoms with van der Waals surface area (Å²) in [6.07, 6.45) is 0. The molecule has 0 spiro atoms. The molecule has 1 amide bonds. The number of aryl methyl sites for hydroxylation is 1. The van der Waals surface area contributed by atoms with Crippen molar-refractivity contribution < 1.29 is 9.53 Å². The van der Waals surface area contributed by atoms with Crippen LogP contribution in [0.25, 0.3) is 0 Å². The van der Waals surface area contributed by atoms with Crippen molar-refractivity contribution in [2.45, 2.75) is 6.92 Å². The highest BCUT2D eigenvalue weighted by Gasteiger charge is 2.18. The zero-order valence-electron chi connectivity index (χ0n) is 15.2. The molecule has 1 N–H and O–H groups in total. The Labute approximate surface area is 159 Å². The second-order valence-electron chi connectivity index (χ2n) is 6.60. The van der Waals surface area contributed by atoms with Crippen LogP contribution in [-0.4, -0.2) is 50.6 Å². The molecule has 2 aromatic carbocycles. The maximum absolute atomic E-state index is 12.3. The van der Waals surface area contributed by atoms with Crippen LogP contribution in [0.4, 0.5) is 11.4 Å². The number of benzene rings is 2. The Balaban J connectivity index is 1.65. The van der Waals surface area contributed by atoms with Gasteiger partial charge in [-0.25, -0.2) is 0 Å². The van der Waals surface area contributed by atoms with Gasteiger partial charge in [0.15, 0.2) is 6.61 Å². The molecule has 1 saturated heterocycles. The molecular weight excluding hydrogens is 350 g/mol. The van der Waals surface area contributed by atoms with Gasteiger partial charge in [-0.2, -0.15) is 0 Å². The minimum Gasteiger partial charge on any atom is -0.484 e. The van der Waals surface area contributed by atoms with E-state index in [1.807, 2.05) is 43.3 Å². The van der Waals surface area contributed by atoms with Crippen molar-refractivity contribution in [3.63, 3.8) is 0 Å². The molecule has 0 aromatic heterocycles. The first kappa shape index (κ1) is 18.5. The Morgan fingerprint density at radius 1 is 1.12 bits per heavy atom. The topological polar surface area (TPSA) is 44.8 Å². The number of nitrogens with zero attached hydrogens (tertiary/aromatic N) is 2. The van der Waals surface area contributed by atoms with E-state index in [4.69, 9.17) is 16.3 Å². The predicted molar refractivity (Wildman–Crippen MR) is 106 cm³/mol. The Morgan fingerprint density at radius 3 is 2.50 bits per heavy atom. The molecular formula is C20H24ClN3O2. The third kappa shape index (κ3) is 4.90. The van der Waals surface area contributed by atoms with E-state index < -0.39 is 0 Å². The lowest BCUT2D eigenvalue weighted by Gasteiger charge is -2.35. The quantitative estimate of drug-likeness (QED) is 0.872. The fraction of sp³-hybridized carbons (Fsp3) is 0.350. The van der Waals surface area contributed by atoms with Crippen molar-refractivity contribution in [3.05, 3.63) is 53.1 Å². The van der Waals surface area contributed by atoms with Gasteiger partial charge >= 0.3 is 0 Å². The first-order valence-corrected chi connectivity index (χ1v) is 9.11. The van der Waals surface area contributed by atoms with Crippen molar-refractivity contribution in [1.29, 1.82) is 0 Å². The Morgan fingerprint density at radius 2 is 1.81 bits per heavy atom. The van der Waals surface area contributed by atoms with Gasteiger partial charge in [0.2, 0.25) is 0 Å². The molecule has 0 radical (unpaired) electrons. The smallest absolute Gasteiger partial charge is 0.262 e. The van der Waals surface area contributed by atoms with Gasteiger partial charge in [-0.15, -0.1) is 0 Å². The first-order valence-electron chi connectivity index (χ1n) is 8.73. The normalized spacial score (nSPS) is 15.0. The molecule has 1 fully saturated rings. The molecule has 1 aliphatic rings. The standard InChI is InChI=1S/C20H24ClN3O2/c1-15-3-6-17(7-4-15)26-14-20(25)22-18-13-16(21)5-8-19(18)24-11-9-23(2)10-12-24/h3-8,13H,9-12,14H2,1-2H3,(H,22,25). The fourth-order valence-corrected chi connectivity index (χ4v) is 3.07. The summed E-state index contributed by atoms with van der Waals surface area (Å²) in [4.78, 5) is 16.9. The van der Waals surface area contributed by atoms with Crippen LogP contribution in [-0.2, 0) is 4.79 Å². The zero-order valence-corrected chi connectivity index (χ0v) is 15.9. The van der Waals surface area contributed by atoms with Crippen molar-refractivity contribution >= 4 is 28.9 Å². The van der Waals surface area contributed by atoms with E-state index in [9.17, 15) is 4.79 Å². The van der Waals surface area contributed by atoms with Crippen molar-refractivity contribution in [3.8, 4) is 5.75 Å². The molecule has 3 rings (SSSR count). The van der Waals surface area contributed by atoms with Gasteiger partial charge in [-0.05, 0) is 44.3 Å². The third-order valence-electron chi connectivity index (χ3n) is 4.47. The minimum atomic E-state index is -0.205. The van der Waals surface area contributed by atoms with E-state index in [2.05, 4.69) is 22.2 Å². The summed E-state index contributed by atoms with van der Waals surface area (Å²) in [6.45, 7) is 5.79. The molecule has 26 heavy (non-hydrogen) atoms. The number of amides is 1. The number of anilines is 2. The van der Waals surface area contributed by atoms with Crippen LogP contribution in [0.5, 0.6) is 5.75 Å². The second-order valence-corrected chi connectivity index (χ2v) is 7.04. The van der Waals surface area contributed by atoms with Crippen LogP contribution < -0.4 is 15.0 Å². The van der Waals surface area contributed by atoms with Crippen LogP contribution >= 0.6 is 11.6 Å². The van der Waals surface area contributed by atoms with Crippen molar-refractivity contribution in [2.75, 3.05) is 50.1 Å². The van der Waals surface area contributed by atoms with E-state index in [0.717, 1.165) is 43.1 Å². The molecule has 0 bridgehead atoms. The number of carbonyl (C=O) groups is 1. The number of hydrogen-bond acceptors (Lipinski definition) is 4. The molecule has 5 nitrogen and oxygen atoms in total. The number of likely N-dealkylation sites (N-methyl/N-ethyl adjacent to an activating group) is 1. The maximum atomic E-state index is 12.3. The maximum Gasteiger partial charge on any atom is 0.262 e. The summed E-state index contributed by atoms with van der Waals surface area (Å²) in [6, 6.07) is 13.2. The van der Waals surface area contributed by atoms with E-state index in [1.165, 1.54) is 0 Å². The number of nitrogens with one attached hydrogen (secondary N) is 1. The molecule has 0 atom stereocenters. The monoisotopic (exact) mass is 373 g/mol. The van der Waals surface area contributed by atoms with E-state index >= 15 is 0 Å². The number of hydrogen-bond donors (Lipinski definition) is 1. The zero-order chi connectivity index (χ0) is 18.5. The lowest BCUT2D eigenvalue weighted by Crippen LogP contribution is -2.44. The van der Waals surface area contributed by atoms with Crippen LogP contribution in [0.3, 0.4) is 0 Å². The molecule has 6 heteroatoms. The highest BCUT2D eigenvalue weighted by atomic mass is 35.5. The Bertz CT molecular complexity index is 756. The summed E-state index contributed by atoms with van der Waals surface area (Å²) >= 11 is 6.14. The highest BCUT2D eigenvalue weighted by Crippen LogP contribution is 2.30. The fourth-order valence-electron chi connectivity index (χ4n) is 2.90. The summed E-state index contributed by atoms with van der Waals surface area (Å²) in [5, 5.41) is 3.53. The van der Waals surface area contributed by atoms with E-state index in [1.54, 1.807) is 6.07 Å². The van der Waals surface area contributed by atoms with Gasteiger partial charge in [-0.3, -0.25) is 4.79 Å². The van der Waals surface area contributed by atoms with Gasteiger partial charge < -0.3 is 19.9 Å². The van der Waals surface area contributed by atoms with Crippen molar-refractivity contribution in [1.82, 2.24) is 4.90 Å². The molecule has 1 heterocycles. The molecule has 1 aliphatic heterocycles. The van der Waals surface area contributed by atoms with Gasteiger partial charge in [-0.1, -0.05) is 29.3 Å². The van der Waals surface area contributed by atoms with Gasteiger partial charge in [0, 0.05) is 31.2 Å². The largest absolute Gasteiger partial charge is 0.484 e. The van der Waals surface area contributed by atoms with Gasteiger partial charge in [0.05, 0.1) is 11.4 Å². The van der Waals surface area contributed by atoms with Crippen LogP contribution in [0, 0.1) is 6.92 Å².